The Kier molecular flexibility index (Phi) is 3.81. The predicted molar refractivity (Wildman–Crippen MR) is 89.9 cm³/mol. The summed E-state index contributed by atoms with van der Waals surface area (Å²) >= 11 is 5.91. The second-order valence-corrected chi connectivity index (χ2v) is 5.93. The van der Waals surface area contributed by atoms with E-state index in [4.69, 9.17) is 11.6 Å². The van der Waals surface area contributed by atoms with Crippen LogP contribution in [0, 0.1) is 5.82 Å². The molecule has 7 nitrogen and oxygen atoms in total. The molecule has 1 aliphatic heterocycles. The number of aromatic amines is 1. The topological polar surface area (TPSA) is 86.8 Å². The lowest BCUT2D eigenvalue weighted by Crippen LogP contribution is -2.18. The summed E-state index contributed by atoms with van der Waals surface area (Å²) in [5.41, 5.74) is 2.13. The minimum absolute atomic E-state index is 0.349. The van der Waals surface area contributed by atoms with Crippen molar-refractivity contribution in [3.63, 3.8) is 0 Å². The molecule has 9 heteroatoms. The third kappa shape index (κ3) is 3.03. The second kappa shape index (κ2) is 6.14. The lowest BCUT2D eigenvalue weighted by atomic mass is 10.2. The van der Waals surface area contributed by atoms with Crippen LogP contribution in [0.1, 0.15) is 21.6 Å². The summed E-state index contributed by atoms with van der Waals surface area (Å²) in [6.45, 7) is 1.10. The van der Waals surface area contributed by atoms with Crippen LogP contribution in [0.3, 0.4) is 0 Å². The number of carbonyl (C=O) groups excluding carboxylic acids is 1. The third-order valence-electron chi connectivity index (χ3n) is 3.93. The molecule has 126 valence electrons. The number of H-pyrrole nitrogens is 1. The molecule has 4 rings (SSSR count). The minimum atomic E-state index is -0.392. The first kappa shape index (κ1) is 15.5. The molecule has 0 aliphatic carbocycles. The zero-order valence-electron chi connectivity index (χ0n) is 12.8. The maximum atomic E-state index is 13.0. The van der Waals surface area contributed by atoms with Crippen LogP contribution in [0.5, 0.6) is 0 Å². The van der Waals surface area contributed by atoms with Crippen molar-refractivity contribution in [3.05, 3.63) is 64.5 Å². The number of hydrogen-bond acceptors (Lipinski definition) is 5. The molecule has 0 atom stereocenters. The van der Waals surface area contributed by atoms with Crippen LogP contribution in [0.25, 0.3) is 0 Å². The van der Waals surface area contributed by atoms with Gasteiger partial charge in [0.15, 0.2) is 5.82 Å². The normalized spacial score (nSPS) is 13.0. The average molecular weight is 359 g/mol. The van der Waals surface area contributed by atoms with Crippen LogP contribution >= 0.6 is 11.6 Å². The van der Waals surface area contributed by atoms with Crippen LogP contribution in [0.2, 0.25) is 5.15 Å². The number of fused-ring (bicyclic) bond motifs is 1. The van der Waals surface area contributed by atoms with Gasteiger partial charge in [-0.05, 0) is 24.3 Å². The first-order chi connectivity index (χ1) is 12.1. The molecule has 1 aliphatic rings. The van der Waals surface area contributed by atoms with Crippen LogP contribution < -0.4 is 10.2 Å². The van der Waals surface area contributed by atoms with E-state index in [1.807, 2.05) is 4.90 Å². The van der Waals surface area contributed by atoms with E-state index >= 15 is 0 Å². The molecular formula is C16H12ClFN6O. The highest BCUT2D eigenvalue weighted by Crippen LogP contribution is 2.30. The molecule has 25 heavy (non-hydrogen) atoms. The van der Waals surface area contributed by atoms with Crippen LogP contribution in [0.4, 0.5) is 16.0 Å². The minimum Gasteiger partial charge on any atom is -0.346 e. The number of nitrogens with zero attached hydrogens (tertiary/aromatic N) is 4. The van der Waals surface area contributed by atoms with Gasteiger partial charge in [-0.15, -0.1) is 0 Å². The highest BCUT2D eigenvalue weighted by molar-refractivity contribution is 6.29. The van der Waals surface area contributed by atoms with Crippen molar-refractivity contribution in [2.24, 2.45) is 0 Å². The Morgan fingerprint density at radius 1 is 1.24 bits per heavy atom. The summed E-state index contributed by atoms with van der Waals surface area (Å²) in [4.78, 5) is 22.3. The number of hydrogen-bond donors (Lipinski definition) is 2. The fourth-order valence-electron chi connectivity index (χ4n) is 2.68. The molecule has 0 saturated carbocycles. The molecule has 0 unspecified atom stereocenters. The van der Waals surface area contributed by atoms with Gasteiger partial charge in [-0.25, -0.2) is 14.4 Å². The maximum absolute atomic E-state index is 13.0. The van der Waals surface area contributed by atoms with Crippen molar-refractivity contribution in [2.45, 2.75) is 13.1 Å². The Morgan fingerprint density at radius 2 is 2.04 bits per heavy atom. The number of amides is 1. The Bertz CT molecular complexity index is 942. The van der Waals surface area contributed by atoms with E-state index < -0.39 is 5.82 Å². The quantitative estimate of drug-likeness (QED) is 0.703. The molecule has 1 amide bonds. The van der Waals surface area contributed by atoms with Crippen molar-refractivity contribution in [1.29, 1.82) is 0 Å². The maximum Gasteiger partial charge on any atom is 0.256 e. The van der Waals surface area contributed by atoms with Crippen molar-refractivity contribution >= 4 is 29.1 Å². The lowest BCUT2D eigenvalue weighted by Gasteiger charge is -2.16. The average Bonchev–Trinajstić information content (AvgIpc) is 3.17. The number of anilines is 2. The van der Waals surface area contributed by atoms with E-state index in [1.54, 1.807) is 6.07 Å². The van der Waals surface area contributed by atoms with Gasteiger partial charge >= 0.3 is 0 Å². The molecule has 0 spiro atoms. The van der Waals surface area contributed by atoms with Gasteiger partial charge in [-0.2, -0.15) is 5.10 Å². The first-order valence-electron chi connectivity index (χ1n) is 7.45. The summed E-state index contributed by atoms with van der Waals surface area (Å²) in [6.07, 6.45) is 1.40. The fraction of sp³-hybridized carbons (Fsp3) is 0.125. The summed E-state index contributed by atoms with van der Waals surface area (Å²) in [6, 6.07) is 7.01. The Morgan fingerprint density at radius 3 is 2.80 bits per heavy atom. The van der Waals surface area contributed by atoms with Gasteiger partial charge in [-0.3, -0.25) is 9.89 Å². The van der Waals surface area contributed by atoms with Gasteiger partial charge in [-0.1, -0.05) is 11.6 Å². The van der Waals surface area contributed by atoms with Gasteiger partial charge in [0.05, 0.1) is 18.8 Å². The summed E-state index contributed by atoms with van der Waals surface area (Å²) in [7, 11) is 0. The Balaban J connectivity index is 1.52. The number of aromatic nitrogens is 4. The van der Waals surface area contributed by atoms with E-state index in [0.29, 0.717) is 35.4 Å². The second-order valence-electron chi connectivity index (χ2n) is 5.55. The molecule has 3 aromatic rings. The van der Waals surface area contributed by atoms with E-state index in [9.17, 15) is 9.18 Å². The van der Waals surface area contributed by atoms with Crippen LogP contribution in [-0.4, -0.2) is 26.1 Å². The van der Waals surface area contributed by atoms with Crippen molar-refractivity contribution < 1.29 is 9.18 Å². The molecule has 0 fully saturated rings. The molecule has 1 aromatic carbocycles. The number of rotatable bonds is 3. The van der Waals surface area contributed by atoms with Gasteiger partial charge in [0.2, 0.25) is 0 Å². The molecule has 3 heterocycles. The number of halogens is 2. The van der Waals surface area contributed by atoms with Crippen LogP contribution in [-0.2, 0) is 13.1 Å². The van der Waals surface area contributed by atoms with Gasteiger partial charge in [0, 0.05) is 17.2 Å². The van der Waals surface area contributed by atoms with E-state index in [1.165, 1.54) is 30.6 Å². The van der Waals surface area contributed by atoms with Gasteiger partial charge < -0.3 is 10.2 Å². The fourth-order valence-corrected chi connectivity index (χ4v) is 2.82. The van der Waals surface area contributed by atoms with E-state index in [2.05, 4.69) is 25.5 Å². The van der Waals surface area contributed by atoms with Gasteiger partial charge in [0.25, 0.3) is 5.91 Å². The van der Waals surface area contributed by atoms with Crippen molar-refractivity contribution in [1.82, 2.24) is 20.2 Å². The molecule has 2 N–H and O–H groups in total. The monoisotopic (exact) mass is 358 g/mol. The molecular weight excluding hydrogens is 347 g/mol. The zero-order chi connectivity index (χ0) is 17.4. The van der Waals surface area contributed by atoms with E-state index in [0.717, 1.165) is 11.3 Å². The number of carbonyl (C=O) groups is 1. The largest absolute Gasteiger partial charge is 0.346 e. The Hall–Kier alpha value is -3.00. The zero-order valence-corrected chi connectivity index (χ0v) is 13.6. The van der Waals surface area contributed by atoms with Crippen molar-refractivity contribution in [2.75, 3.05) is 10.2 Å². The molecule has 0 bridgehead atoms. The molecule has 0 saturated heterocycles. The summed E-state index contributed by atoms with van der Waals surface area (Å²) in [5, 5.41) is 10.2. The van der Waals surface area contributed by atoms with Crippen molar-refractivity contribution in [3.8, 4) is 0 Å². The summed E-state index contributed by atoms with van der Waals surface area (Å²) < 4.78 is 13.0. The third-order valence-corrected chi connectivity index (χ3v) is 4.14. The van der Waals surface area contributed by atoms with Gasteiger partial charge in [0.1, 0.15) is 23.1 Å². The Labute approximate surface area is 146 Å². The molecule has 2 aromatic heterocycles. The lowest BCUT2D eigenvalue weighted by molar-refractivity contribution is 0.102. The standard InChI is InChI=1S/C16H12ClFN6O/c17-13-5-14(20-8-19-13)24-6-11-12(7-24)22-23-15(11)21-16(25)9-1-3-10(18)4-2-9/h1-5,8H,6-7H2,(H2,21,22,23,25). The number of benzene rings is 1. The SMILES string of the molecule is O=C(Nc1n[nH]c2c1CN(c1cc(Cl)ncn1)C2)c1ccc(F)cc1. The van der Waals surface area contributed by atoms with Crippen LogP contribution in [0.15, 0.2) is 36.7 Å². The highest BCUT2D eigenvalue weighted by atomic mass is 35.5. The smallest absolute Gasteiger partial charge is 0.256 e. The number of nitrogens with one attached hydrogen (secondary N) is 2. The summed E-state index contributed by atoms with van der Waals surface area (Å²) in [5.74, 6) is 0.404. The highest BCUT2D eigenvalue weighted by Gasteiger charge is 2.27. The van der Waals surface area contributed by atoms with E-state index in [-0.39, 0.29) is 5.91 Å². The molecule has 0 radical (unpaired) electrons. The predicted octanol–water partition coefficient (Wildman–Crippen LogP) is 2.76. The first-order valence-corrected chi connectivity index (χ1v) is 7.83.